The van der Waals surface area contributed by atoms with E-state index in [0.717, 1.165) is 49.8 Å². The van der Waals surface area contributed by atoms with Gasteiger partial charge in [0.05, 0.1) is 0 Å². The zero-order valence-electron chi connectivity index (χ0n) is 30.1. The van der Waals surface area contributed by atoms with Crippen molar-refractivity contribution in [2.45, 2.75) is 0 Å². The zero-order valence-corrected chi connectivity index (χ0v) is 30.9. The molecule has 0 bridgehead atoms. The van der Waals surface area contributed by atoms with Crippen molar-refractivity contribution in [2.24, 2.45) is 0 Å². The molecule has 3 aromatic heterocycles. The monoisotopic (exact) mass is 733 g/mol. The number of fused-ring (bicyclic) bond motifs is 6. The molecule has 0 spiro atoms. The van der Waals surface area contributed by atoms with Crippen LogP contribution in [-0.2, 0) is 0 Å². The molecule has 0 saturated carbocycles. The summed E-state index contributed by atoms with van der Waals surface area (Å²) in [4.78, 5) is 15.2. The molecule has 0 radical (unpaired) electrons. The van der Waals surface area contributed by atoms with Crippen LogP contribution in [0.5, 0.6) is 0 Å². The Balaban J connectivity index is 1.06. The van der Waals surface area contributed by atoms with Gasteiger partial charge in [-0.05, 0) is 57.6 Å². The van der Waals surface area contributed by atoms with Gasteiger partial charge in [0.1, 0.15) is 11.2 Å². The summed E-state index contributed by atoms with van der Waals surface area (Å²) in [6.07, 6.45) is 0. The van der Waals surface area contributed by atoms with Crippen LogP contribution in [-0.4, -0.2) is 15.0 Å². The molecule has 0 aliphatic heterocycles. The van der Waals surface area contributed by atoms with Crippen molar-refractivity contribution in [3.8, 4) is 67.5 Å². The first-order chi connectivity index (χ1) is 27.7. The molecule has 0 saturated heterocycles. The van der Waals surface area contributed by atoms with Crippen molar-refractivity contribution >= 4 is 53.4 Å². The number of furan rings is 1. The van der Waals surface area contributed by atoms with Crippen LogP contribution in [0.25, 0.3) is 110 Å². The van der Waals surface area contributed by atoms with Gasteiger partial charge in [0.25, 0.3) is 0 Å². The van der Waals surface area contributed by atoms with Gasteiger partial charge in [-0.3, -0.25) is 0 Å². The van der Waals surface area contributed by atoms with Gasteiger partial charge in [0, 0.05) is 47.6 Å². The van der Waals surface area contributed by atoms with Crippen LogP contribution < -0.4 is 0 Å². The quantitative estimate of drug-likeness (QED) is 0.171. The lowest BCUT2D eigenvalue weighted by Gasteiger charge is -2.10. The van der Waals surface area contributed by atoms with Gasteiger partial charge in [0.2, 0.25) is 0 Å². The van der Waals surface area contributed by atoms with Crippen molar-refractivity contribution in [1.82, 2.24) is 15.0 Å². The summed E-state index contributed by atoms with van der Waals surface area (Å²) < 4.78 is 9.23. The average molecular weight is 734 g/mol. The van der Waals surface area contributed by atoms with E-state index in [-0.39, 0.29) is 0 Å². The van der Waals surface area contributed by atoms with Crippen LogP contribution in [0.3, 0.4) is 0 Å². The highest BCUT2D eigenvalue weighted by Crippen LogP contribution is 2.46. The Bertz CT molecular complexity index is 3230. The molecule has 0 amide bonds. The Labute approximate surface area is 327 Å². The lowest BCUT2D eigenvalue weighted by atomic mass is 9.94. The number of thiophene rings is 1. The molecule has 0 fully saturated rings. The number of nitrogens with zero attached hydrogens (tertiary/aromatic N) is 3. The third kappa shape index (κ3) is 5.48. The van der Waals surface area contributed by atoms with Gasteiger partial charge in [-0.2, -0.15) is 0 Å². The summed E-state index contributed by atoms with van der Waals surface area (Å²) in [7, 11) is 0. The molecule has 0 atom stereocenters. The fourth-order valence-corrected chi connectivity index (χ4v) is 9.14. The first-order valence-electron chi connectivity index (χ1n) is 18.7. The molecule has 0 aliphatic carbocycles. The van der Waals surface area contributed by atoms with Crippen LogP contribution in [0.1, 0.15) is 0 Å². The Morgan fingerprint density at radius 3 is 1.66 bits per heavy atom. The number of hydrogen-bond donors (Lipinski definition) is 0. The summed E-state index contributed by atoms with van der Waals surface area (Å²) in [6, 6.07) is 65.6. The molecule has 56 heavy (non-hydrogen) atoms. The molecule has 0 unspecified atom stereocenters. The van der Waals surface area contributed by atoms with Gasteiger partial charge in [0.15, 0.2) is 17.5 Å². The van der Waals surface area contributed by atoms with Gasteiger partial charge in [-0.1, -0.05) is 164 Å². The second kappa shape index (κ2) is 13.3. The summed E-state index contributed by atoms with van der Waals surface area (Å²) in [5.41, 5.74) is 11.4. The lowest BCUT2D eigenvalue weighted by molar-refractivity contribution is 0.669. The van der Waals surface area contributed by atoms with E-state index < -0.39 is 0 Å². The van der Waals surface area contributed by atoms with E-state index in [2.05, 4.69) is 140 Å². The molecular formula is C51H31N3OS. The second-order valence-electron chi connectivity index (χ2n) is 13.9. The molecule has 5 heteroatoms. The van der Waals surface area contributed by atoms with Crippen molar-refractivity contribution < 1.29 is 4.42 Å². The molecule has 262 valence electrons. The van der Waals surface area contributed by atoms with E-state index in [9.17, 15) is 0 Å². The summed E-state index contributed by atoms with van der Waals surface area (Å²) >= 11 is 1.85. The van der Waals surface area contributed by atoms with Crippen molar-refractivity contribution in [3.05, 3.63) is 188 Å². The normalized spacial score (nSPS) is 11.6. The van der Waals surface area contributed by atoms with Gasteiger partial charge in [-0.25, -0.2) is 15.0 Å². The maximum Gasteiger partial charge on any atom is 0.164 e. The van der Waals surface area contributed by atoms with E-state index in [0.29, 0.717) is 17.5 Å². The number of rotatable bonds is 6. The maximum atomic E-state index is 6.67. The van der Waals surface area contributed by atoms with Gasteiger partial charge >= 0.3 is 0 Å². The predicted octanol–water partition coefficient (Wildman–Crippen LogP) is 14.1. The van der Waals surface area contributed by atoms with Crippen LogP contribution in [0, 0.1) is 0 Å². The number of benzene rings is 8. The maximum absolute atomic E-state index is 6.67. The van der Waals surface area contributed by atoms with Crippen LogP contribution in [0.4, 0.5) is 0 Å². The van der Waals surface area contributed by atoms with E-state index >= 15 is 0 Å². The molecule has 0 aliphatic rings. The first-order valence-corrected chi connectivity index (χ1v) is 19.5. The molecule has 11 rings (SSSR count). The summed E-state index contributed by atoms with van der Waals surface area (Å²) in [5.74, 6) is 1.84. The highest BCUT2D eigenvalue weighted by atomic mass is 32.1. The fraction of sp³-hybridized carbons (Fsp3) is 0. The minimum absolute atomic E-state index is 0.598. The smallest absolute Gasteiger partial charge is 0.164 e. The second-order valence-corrected chi connectivity index (χ2v) is 15.0. The zero-order chi connectivity index (χ0) is 37.0. The van der Waals surface area contributed by atoms with Gasteiger partial charge < -0.3 is 4.42 Å². The average Bonchev–Trinajstić information content (AvgIpc) is 3.86. The number of hydrogen-bond acceptors (Lipinski definition) is 5. The lowest BCUT2D eigenvalue weighted by Crippen LogP contribution is -2.00. The topological polar surface area (TPSA) is 51.8 Å². The summed E-state index contributed by atoms with van der Waals surface area (Å²) in [6.45, 7) is 0. The van der Waals surface area contributed by atoms with Crippen molar-refractivity contribution in [2.75, 3.05) is 0 Å². The predicted molar refractivity (Wildman–Crippen MR) is 233 cm³/mol. The van der Waals surface area contributed by atoms with E-state index in [1.54, 1.807) is 0 Å². The largest absolute Gasteiger partial charge is 0.456 e. The molecule has 4 nitrogen and oxygen atoms in total. The number of aromatic nitrogens is 3. The van der Waals surface area contributed by atoms with Crippen LogP contribution in [0.15, 0.2) is 192 Å². The van der Waals surface area contributed by atoms with Crippen LogP contribution in [0.2, 0.25) is 0 Å². The minimum Gasteiger partial charge on any atom is -0.456 e. The fourth-order valence-electron chi connectivity index (χ4n) is 7.88. The standard InChI is InChI=1S/C51H31N3OS/c1-4-13-32(14-5-1)33-23-25-36(26-24-33)50-52-49(35-17-8-3-9-18-35)53-51(54-50)42-20-12-21-43-46(42)40-28-27-37(31-44(40)55-43)38-29-30-39(34-15-6-2-7-16-34)48-47(38)41-19-10-11-22-45(41)56-48/h1-31H. The first kappa shape index (κ1) is 32.2. The molecule has 11 aromatic rings. The minimum atomic E-state index is 0.598. The van der Waals surface area contributed by atoms with E-state index in [1.807, 2.05) is 59.9 Å². The Morgan fingerprint density at radius 2 is 0.911 bits per heavy atom. The van der Waals surface area contributed by atoms with Crippen LogP contribution >= 0.6 is 11.3 Å². The summed E-state index contributed by atoms with van der Waals surface area (Å²) in [5, 5.41) is 4.53. The SMILES string of the molecule is c1ccc(-c2ccc(-c3nc(-c4ccccc4)nc(-c4cccc5oc6cc(-c7ccc(-c8ccccc8)c8sc9ccccc9c78)ccc6c45)n3)cc2)cc1. The van der Waals surface area contributed by atoms with E-state index in [4.69, 9.17) is 19.4 Å². The molecule has 3 heterocycles. The Kier molecular flexibility index (Phi) is 7.64. The molecule has 0 N–H and O–H groups in total. The van der Waals surface area contributed by atoms with Crippen molar-refractivity contribution in [1.29, 1.82) is 0 Å². The third-order valence-electron chi connectivity index (χ3n) is 10.6. The molecular weight excluding hydrogens is 703 g/mol. The Hall–Kier alpha value is -7.21. The molecule has 8 aromatic carbocycles. The van der Waals surface area contributed by atoms with Gasteiger partial charge in [-0.15, -0.1) is 11.3 Å². The highest BCUT2D eigenvalue weighted by molar-refractivity contribution is 7.26. The Morgan fingerprint density at radius 1 is 0.339 bits per heavy atom. The third-order valence-corrected chi connectivity index (χ3v) is 11.8. The van der Waals surface area contributed by atoms with Crippen molar-refractivity contribution in [3.63, 3.8) is 0 Å². The highest BCUT2D eigenvalue weighted by Gasteiger charge is 2.20. The van der Waals surface area contributed by atoms with E-state index in [1.165, 1.54) is 42.4 Å².